The second-order valence-electron chi connectivity index (χ2n) is 8.20. The van der Waals surface area contributed by atoms with Gasteiger partial charge in [0.15, 0.2) is 0 Å². The van der Waals surface area contributed by atoms with Crippen molar-refractivity contribution in [2.24, 2.45) is 0 Å². The Morgan fingerprint density at radius 2 is 1.55 bits per heavy atom. The van der Waals surface area contributed by atoms with Gasteiger partial charge in [0.25, 0.3) is 0 Å². The molecule has 29 heavy (non-hydrogen) atoms. The van der Waals surface area contributed by atoms with Gasteiger partial charge < -0.3 is 24.8 Å². The number of halogens is 2. The molecule has 0 radical (unpaired) electrons. The molecule has 3 heteroatoms. The molecule has 156 valence electrons. The van der Waals surface area contributed by atoms with Gasteiger partial charge in [0.2, 0.25) is 0 Å². The van der Waals surface area contributed by atoms with Crippen LogP contribution in [-0.4, -0.2) is 3.21 Å². The van der Waals surface area contributed by atoms with Crippen LogP contribution in [0.4, 0.5) is 0 Å². The molecule has 0 bridgehead atoms. The summed E-state index contributed by atoms with van der Waals surface area (Å²) in [6.07, 6.45) is 5.44. The molecule has 0 unspecified atom stereocenters. The molecule has 3 aromatic carbocycles. The molecule has 0 fully saturated rings. The van der Waals surface area contributed by atoms with Crippen molar-refractivity contribution in [3.8, 4) is 0 Å². The van der Waals surface area contributed by atoms with E-state index in [4.69, 9.17) is 0 Å². The van der Waals surface area contributed by atoms with E-state index in [0.717, 1.165) is 0 Å². The molecule has 0 saturated carbocycles. The fourth-order valence-electron chi connectivity index (χ4n) is 3.18. The molecule has 4 rings (SSSR count). The monoisotopic (exact) mass is 504 g/mol. The number of hydrogen-bond acceptors (Lipinski definition) is 0. The van der Waals surface area contributed by atoms with Gasteiger partial charge in [-0.3, -0.25) is 0 Å². The van der Waals surface area contributed by atoms with Crippen molar-refractivity contribution in [2.75, 3.05) is 0 Å². The van der Waals surface area contributed by atoms with Gasteiger partial charge in [0.1, 0.15) is 0 Å². The van der Waals surface area contributed by atoms with E-state index in [2.05, 4.69) is 94.4 Å². The Bertz CT molecular complexity index is 772. The first-order valence-electron chi connectivity index (χ1n) is 9.94. The average Bonchev–Trinajstić information content (AvgIpc) is 3.35. The largest absolute Gasteiger partial charge is 1.00 e. The first kappa shape index (κ1) is 28.3. The maximum atomic E-state index is 2.26. The Kier molecular flexibility index (Phi) is 13.9. The zero-order chi connectivity index (χ0) is 19.7. The Morgan fingerprint density at radius 3 is 2.00 bits per heavy atom. The van der Waals surface area contributed by atoms with E-state index in [1.165, 1.54) is 64.3 Å². The third-order valence-corrected chi connectivity index (χ3v) is 5.59. The van der Waals surface area contributed by atoms with E-state index >= 15 is 0 Å². The van der Waals surface area contributed by atoms with Gasteiger partial charge in [0, 0.05) is 0 Å². The molecule has 0 N–H and O–H groups in total. The van der Waals surface area contributed by atoms with Crippen LogP contribution in [0.1, 0.15) is 62.8 Å². The summed E-state index contributed by atoms with van der Waals surface area (Å²) in [4.78, 5) is 0. The van der Waals surface area contributed by atoms with Crippen molar-refractivity contribution >= 4 is 3.21 Å². The minimum absolute atomic E-state index is 0. The summed E-state index contributed by atoms with van der Waals surface area (Å²) in [5, 5.41) is 0. The Balaban J connectivity index is 0.000000392. The van der Waals surface area contributed by atoms with Gasteiger partial charge in [-0.15, -0.1) is 0 Å². The fourth-order valence-corrected chi connectivity index (χ4v) is 3.59. The normalized spacial score (nSPS) is 11.9. The molecule has 0 heterocycles. The van der Waals surface area contributed by atoms with Crippen LogP contribution in [0.25, 0.3) is 0 Å². The fraction of sp³-hybridized carbons (Fsp3) is 0.346. The van der Waals surface area contributed by atoms with E-state index in [1.807, 2.05) is 6.07 Å². The van der Waals surface area contributed by atoms with E-state index in [9.17, 15) is 0 Å². The summed E-state index contributed by atoms with van der Waals surface area (Å²) in [5.74, 6) is 0. The van der Waals surface area contributed by atoms with E-state index in [0.29, 0.717) is 5.41 Å². The van der Waals surface area contributed by atoms with Crippen LogP contribution >= 0.6 is 0 Å². The van der Waals surface area contributed by atoms with Crippen LogP contribution in [0.5, 0.6) is 0 Å². The van der Waals surface area contributed by atoms with Gasteiger partial charge >= 0.3 is 70.3 Å². The van der Waals surface area contributed by atoms with Gasteiger partial charge in [-0.25, -0.2) is 12.1 Å². The Labute approximate surface area is 205 Å². The Morgan fingerprint density at radius 1 is 0.897 bits per heavy atom. The van der Waals surface area contributed by atoms with Crippen LogP contribution < -0.4 is 24.8 Å². The standard InChI is InChI=1S/C9H11.C9H13.C8H8.2ClH.Zr/c1-2-5-9-7-3-6-8(9)4-1;1-9(2,3)8-6-4-5-7-8;1-2-8-6-4-3-5-7-8;;;/h3,6-7H,1-2,4-5H2;4-7H,1-3H3;3-7H,1H3;2*1H;/q2*-1;;;;+2/p-2. The molecule has 0 nitrogen and oxygen atoms in total. The van der Waals surface area contributed by atoms with Crippen LogP contribution in [0.15, 0.2) is 72.8 Å². The quantitative estimate of drug-likeness (QED) is 0.428. The van der Waals surface area contributed by atoms with Crippen LogP contribution in [-0.2, 0) is 42.5 Å². The third kappa shape index (κ3) is 10.2. The first-order valence-corrected chi connectivity index (χ1v) is 11.2. The maximum Gasteiger partial charge on any atom is -0.0512 e. The topological polar surface area (TPSA) is 0 Å². The molecule has 0 amide bonds. The van der Waals surface area contributed by atoms with Gasteiger partial charge in [-0.1, -0.05) is 51.9 Å². The van der Waals surface area contributed by atoms with Crippen molar-refractivity contribution in [2.45, 2.75) is 58.8 Å². The SMILES string of the molecule is CC(C)(C)c1cc[cH-]c1.C[C](=[Zr+2])c1ccccc1.[Cl-].[Cl-].c1cc2c([cH-]1)CCCC2. The van der Waals surface area contributed by atoms with Crippen LogP contribution in [0.3, 0.4) is 0 Å². The predicted molar refractivity (Wildman–Crippen MR) is 116 cm³/mol. The molecule has 1 aliphatic rings. The van der Waals surface area contributed by atoms with Crippen LogP contribution in [0, 0.1) is 0 Å². The summed E-state index contributed by atoms with van der Waals surface area (Å²) in [5.41, 5.74) is 6.31. The molecule has 0 aromatic heterocycles. The van der Waals surface area contributed by atoms with Crippen LogP contribution in [0.2, 0.25) is 0 Å². The van der Waals surface area contributed by atoms with Crippen molar-refractivity contribution in [3.63, 3.8) is 0 Å². The number of aryl methyl sites for hydroxylation is 2. The van der Waals surface area contributed by atoms with E-state index < -0.39 is 0 Å². The maximum absolute atomic E-state index is 2.26. The molecule has 0 saturated heterocycles. The third-order valence-electron chi connectivity index (χ3n) is 4.89. The summed E-state index contributed by atoms with van der Waals surface area (Å²) in [6.45, 7) is 8.83. The Hall–Kier alpha value is -0.747. The minimum atomic E-state index is 0. The molecular weight excluding hydrogens is 474 g/mol. The predicted octanol–water partition coefficient (Wildman–Crippen LogP) is 0.769. The zero-order valence-electron chi connectivity index (χ0n) is 18.0. The van der Waals surface area contributed by atoms with Crippen molar-refractivity contribution in [1.82, 2.24) is 0 Å². The van der Waals surface area contributed by atoms with Gasteiger partial charge in [-0.2, -0.15) is 47.0 Å². The molecule has 1 aliphatic carbocycles. The molecule has 3 aromatic rings. The van der Waals surface area contributed by atoms with Gasteiger partial charge in [0.05, 0.1) is 0 Å². The second-order valence-corrected chi connectivity index (χ2v) is 10.0. The minimum Gasteiger partial charge on any atom is -1.00 e. The molecule has 0 spiro atoms. The number of benzene rings is 1. The zero-order valence-corrected chi connectivity index (χ0v) is 22.0. The van der Waals surface area contributed by atoms with Crippen molar-refractivity contribution < 1.29 is 49.0 Å². The van der Waals surface area contributed by atoms with Gasteiger partial charge in [-0.05, 0) is 0 Å². The molecular formula is C26H32Cl2Zr-2. The molecule has 0 atom stereocenters. The first-order chi connectivity index (χ1) is 12.9. The second kappa shape index (κ2) is 14.3. The van der Waals surface area contributed by atoms with Crippen molar-refractivity contribution in [1.29, 1.82) is 0 Å². The number of rotatable bonds is 1. The average molecular weight is 507 g/mol. The van der Waals surface area contributed by atoms with Crippen molar-refractivity contribution in [3.05, 3.63) is 95.1 Å². The summed E-state index contributed by atoms with van der Waals surface area (Å²) < 4.78 is 1.46. The number of hydrogen-bond donors (Lipinski definition) is 0. The summed E-state index contributed by atoms with van der Waals surface area (Å²) in [6, 6.07) is 25.7. The molecule has 0 aliphatic heterocycles. The number of fused-ring (bicyclic) bond motifs is 1. The smallest absolute Gasteiger partial charge is 0.0512 e. The van der Waals surface area contributed by atoms with E-state index in [-0.39, 0.29) is 24.8 Å². The summed E-state index contributed by atoms with van der Waals surface area (Å²) >= 11 is 1.51. The van der Waals surface area contributed by atoms with E-state index in [1.54, 1.807) is 11.1 Å². The summed E-state index contributed by atoms with van der Waals surface area (Å²) in [7, 11) is 0.